The molecule has 0 aliphatic heterocycles. The lowest BCUT2D eigenvalue weighted by atomic mass is 10.1. The fourth-order valence-corrected chi connectivity index (χ4v) is 2.17. The summed E-state index contributed by atoms with van der Waals surface area (Å²) in [7, 11) is 0. The van der Waals surface area contributed by atoms with Crippen LogP contribution in [-0.2, 0) is 0 Å². The first-order valence-corrected chi connectivity index (χ1v) is 5.81. The third kappa shape index (κ3) is 1.79. The first-order valence-electron chi connectivity index (χ1n) is 5.81. The van der Waals surface area contributed by atoms with Crippen LogP contribution in [0.1, 0.15) is 35.8 Å². The van der Waals surface area contributed by atoms with Gasteiger partial charge in [-0.3, -0.25) is 4.79 Å². The Hall–Kier alpha value is -2.10. The van der Waals surface area contributed by atoms with Gasteiger partial charge in [0.15, 0.2) is 0 Å². The van der Waals surface area contributed by atoms with Crippen LogP contribution in [0.3, 0.4) is 0 Å². The van der Waals surface area contributed by atoms with Gasteiger partial charge in [-0.1, -0.05) is 12.1 Å². The molecule has 0 spiro atoms. The summed E-state index contributed by atoms with van der Waals surface area (Å²) in [5.74, 6) is -1.18. The van der Waals surface area contributed by atoms with Crippen molar-refractivity contribution >= 4 is 16.9 Å². The molecule has 1 aromatic carbocycles. The van der Waals surface area contributed by atoms with E-state index in [9.17, 15) is 9.59 Å². The predicted molar refractivity (Wildman–Crippen MR) is 70.3 cm³/mol. The molecule has 0 unspecified atom stereocenters. The SMILES string of the molecule is Cc1cccc2c1cc(C(=O)O)c(=O)n2C(C)C. The number of hydrogen-bond acceptors (Lipinski definition) is 2. The Morgan fingerprint density at radius 2 is 2.00 bits per heavy atom. The number of rotatable bonds is 2. The molecule has 1 aromatic heterocycles. The van der Waals surface area contributed by atoms with Gasteiger partial charge in [-0.25, -0.2) is 4.79 Å². The molecule has 0 fully saturated rings. The van der Waals surface area contributed by atoms with Crippen molar-refractivity contribution < 1.29 is 9.90 Å². The molecule has 0 bridgehead atoms. The third-order valence-corrected chi connectivity index (χ3v) is 3.05. The molecule has 0 amide bonds. The molecule has 0 aliphatic rings. The van der Waals surface area contributed by atoms with E-state index in [2.05, 4.69) is 0 Å². The largest absolute Gasteiger partial charge is 0.477 e. The van der Waals surface area contributed by atoms with Gasteiger partial charge < -0.3 is 9.67 Å². The van der Waals surface area contributed by atoms with Crippen LogP contribution in [0, 0.1) is 6.92 Å². The van der Waals surface area contributed by atoms with Crippen molar-refractivity contribution in [1.29, 1.82) is 0 Å². The number of fused-ring (bicyclic) bond motifs is 1. The van der Waals surface area contributed by atoms with E-state index in [4.69, 9.17) is 5.11 Å². The number of aromatic nitrogens is 1. The van der Waals surface area contributed by atoms with E-state index in [1.807, 2.05) is 39.0 Å². The maximum atomic E-state index is 12.2. The summed E-state index contributed by atoms with van der Waals surface area (Å²) >= 11 is 0. The Labute approximate surface area is 104 Å². The number of carbonyl (C=O) groups is 1. The molecule has 1 heterocycles. The summed E-state index contributed by atoms with van der Waals surface area (Å²) in [6.45, 7) is 5.65. The van der Waals surface area contributed by atoms with Gasteiger partial charge in [-0.15, -0.1) is 0 Å². The maximum absolute atomic E-state index is 12.2. The smallest absolute Gasteiger partial charge is 0.341 e. The number of pyridine rings is 1. The van der Waals surface area contributed by atoms with Gasteiger partial charge in [-0.05, 0) is 38.5 Å². The van der Waals surface area contributed by atoms with Crippen LogP contribution in [0.4, 0.5) is 0 Å². The highest BCUT2D eigenvalue weighted by Gasteiger charge is 2.16. The van der Waals surface area contributed by atoms with Crippen molar-refractivity contribution in [3.63, 3.8) is 0 Å². The Kier molecular flexibility index (Phi) is 2.95. The number of aryl methyl sites for hydroxylation is 1. The molecule has 4 heteroatoms. The minimum Gasteiger partial charge on any atom is -0.477 e. The van der Waals surface area contributed by atoms with Gasteiger partial charge in [0.2, 0.25) is 0 Å². The molecule has 2 rings (SSSR count). The minimum atomic E-state index is -1.18. The molecular weight excluding hydrogens is 230 g/mol. The average molecular weight is 245 g/mol. The quantitative estimate of drug-likeness (QED) is 0.884. The van der Waals surface area contributed by atoms with Crippen LogP contribution in [0.5, 0.6) is 0 Å². The van der Waals surface area contributed by atoms with E-state index in [0.717, 1.165) is 16.5 Å². The van der Waals surface area contributed by atoms with Gasteiger partial charge in [0.1, 0.15) is 5.56 Å². The summed E-state index contributed by atoms with van der Waals surface area (Å²) < 4.78 is 1.53. The zero-order valence-electron chi connectivity index (χ0n) is 10.6. The second kappa shape index (κ2) is 4.29. The van der Waals surface area contributed by atoms with Crippen LogP contribution < -0.4 is 5.56 Å². The number of aromatic carboxylic acids is 1. The summed E-state index contributed by atoms with van der Waals surface area (Å²) in [4.78, 5) is 23.3. The number of carboxylic acids is 1. The molecule has 4 nitrogen and oxygen atoms in total. The number of nitrogens with zero attached hydrogens (tertiary/aromatic N) is 1. The molecule has 0 saturated carbocycles. The van der Waals surface area contributed by atoms with Gasteiger partial charge in [-0.2, -0.15) is 0 Å². The van der Waals surface area contributed by atoms with E-state index in [1.54, 1.807) is 0 Å². The van der Waals surface area contributed by atoms with Crippen LogP contribution in [0.2, 0.25) is 0 Å². The normalized spacial score (nSPS) is 11.1. The zero-order valence-corrected chi connectivity index (χ0v) is 10.6. The van der Waals surface area contributed by atoms with Crippen molar-refractivity contribution in [3.05, 3.63) is 45.7 Å². The molecule has 0 radical (unpaired) electrons. The Morgan fingerprint density at radius 1 is 1.33 bits per heavy atom. The van der Waals surface area contributed by atoms with Gasteiger partial charge in [0.25, 0.3) is 5.56 Å². The first kappa shape index (κ1) is 12.4. The van der Waals surface area contributed by atoms with Crippen molar-refractivity contribution in [2.24, 2.45) is 0 Å². The number of benzene rings is 1. The Morgan fingerprint density at radius 3 is 2.56 bits per heavy atom. The van der Waals surface area contributed by atoms with Gasteiger partial charge in [0, 0.05) is 11.4 Å². The lowest BCUT2D eigenvalue weighted by Crippen LogP contribution is -2.28. The minimum absolute atomic E-state index is 0.0823. The van der Waals surface area contributed by atoms with Crippen LogP contribution in [-0.4, -0.2) is 15.6 Å². The van der Waals surface area contributed by atoms with Crippen molar-refractivity contribution in [3.8, 4) is 0 Å². The lowest BCUT2D eigenvalue weighted by molar-refractivity contribution is 0.0694. The van der Waals surface area contributed by atoms with Crippen LogP contribution in [0.25, 0.3) is 10.9 Å². The maximum Gasteiger partial charge on any atom is 0.341 e. The topological polar surface area (TPSA) is 59.3 Å². The molecule has 2 aromatic rings. The van der Waals surface area contributed by atoms with Crippen molar-refractivity contribution in [2.45, 2.75) is 26.8 Å². The fourth-order valence-electron chi connectivity index (χ4n) is 2.17. The number of carboxylic acid groups (broad SMARTS) is 1. The molecule has 18 heavy (non-hydrogen) atoms. The standard InChI is InChI=1S/C14H15NO3/c1-8(2)15-12-6-4-5-9(3)10(12)7-11(13(15)16)14(17)18/h4-8H,1-3H3,(H,17,18). The van der Waals surface area contributed by atoms with Crippen LogP contribution in [0.15, 0.2) is 29.1 Å². The molecule has 94 valence electrons. The summed E-state index contributed by atoms with van der Waals surface area (Å²) in [6.07, 6.45) is 0. The summed E-state index contributed by atoms with van der Waals surface area (Å²) in [5.41, 5.74) is 1.12. The van der Waals surface area contributed by atoms with E-state index in [0.29, 0.717) is 0 Å². The fraction of sp³-hybridized carbons (Fsp3) is 0.286. The Balaban J connectivity index is 3.02. The van der Waals surface area contributed by atoms with Crippen molar-refractivity contribution in [1.82, 2.24) is 4.57 Å². The average Bonchev–Trinajstić information content (AvgIpc) is 2.27. The van der Waals surface area contributed by atoms with E-state index in [-0.39, 0.29) is 11.6 Å². The second-order valence-electron chi connectivity index (χ2n) is 4.64. The first-order chi connectivity index (χ1) is 8.43. The highest BCUT2D eigenvalue weighted by molar-refractivity contribution is 5.93. The number of hydrogen-bond donors (Lipinski definition) is 1. The second-order valence-corrected chi connectivity index (χ2v) is 4.64. The molecule has 0 atom stereocenters. The third-order valence-electron chi connectivity index (χ3n) is 3.05. The predicted octanol–water partition coefficient (Wildman–Crippen LogP) is 2.59. The molecule has 0 saturated heterocycles. The molecular formula is C14H15NO3. The Bertz CT molecular complexity index is 683. The molecule has 1 N–H and O–H groups in total. The van der Waals surface area contributed by atoms with Crippen LogP contribution >= 0.6 is 0 Å². The highest BCUT2D eigenvalue weighted by Crippen LogP contribution is 2.20. The van der Waals surface area contributed by atoms with Gasteiger partial charge >= 0.3 is 5.97 Å². The zero-order chi connectivity index (χ0) is 13.4. The van der Waals surface area contributed by atoms with Gasteiger partial charge in [0.05, 0.1) is 5.52 Å². The lowest BCUT2D eigenvalue weighted by Gasteiger charge is -2.16. The monoisotopic (exact) mass is 245 g/mol. The summed E-state index contributed by atoms with van der Waals surface area (Å²) in [6, 6.07) is 7.00. The highest BCUT2D eigenvalue weighted by atomic mass is 16.4. The van der Waals surface area contributed by atoms with E-state index in [1.165, 1.54) is 10.6 Å². The molecule has 0 aliphatic carbocycles. The van der Waals surface area contributed by atoms with Crippen molar-refractivity contribution in [2.75, 3.05) is 0 Å². The van der Waals surface area contributed by atoms with E-state index >= 15 is 0 Å². The summed E-state index contributed by atoms with van der Waals surface area (Å²) in [5, 5.41) is 9.92. The van der Waals surface area contributed by atoms with E-state index < -0.39 is 11.5 Å².